The van der Waals surface area contributed by atoms with Crippen LogP contribution in [0.25, 0.3) is 0 Å². The molecule has 93 heavy (non-hydrogen) atoms. The highest BCUT2D eigenvalue weighted by atomic mass is 16.8. The van der Waals surface area contributed by atoms with Crippen LogP contribution in [0.4, 0.5) is 0 Å². The van der Waals surface area contributed by atoms with Gasteiger partial charge in [-0.05, 0) is 0 Å². The van der Waals surface area contributed by atoms with E-state index in [4.69, 9.17) is 61.6 Å². The van der Waals surface area contributed by atoms with E-state index >= 15 is 0 Å². The molecule has 7 saturated heterocycles. The van der Waals surface area contributed by atoms with Gasteiger partial charge >= 0.3 is 5.97 Å². The average Bonchev–Trinajstić information content (AvgIpc) is 0.835. The van der Waals surface area contributed by atoms with Crippen molar-refractivity contribution in [3.05, 3.63) is 0 Å². The van der Waals surface area contributed by atoms with E-state index in [2.05, 4.69) is 16.0 Å². The van der Waals surface area contributed by atoms with Gasteiger partial charge < -0.3 is 190 Å². The molecular weight excluding hydrogens is 1280 g/mol. The van der Waals surface area contributed by atoms with Crippen molar-refractivity contribution in [3.8, 4) is 0 Å². The molecule has 42 nitrogen and oxygen atoms in total. The molecule has 0 unspecified atom stereocenters. The van der Waals surface area contributed by atoms with E-state index in [1.807, 2.05) is 0 Å². The minimum atomic E-state index is -3.03. The molecule has 0 aromatic rings. The van der Waals surface area contributed by atoms with Gasteiger partial charge in [-0.2, -0.15) is 0 Å². The van der Waals surface area contributed by atoms with Gasteiger partial charge in [-0.1, -0.05) is 0 Å². The fourth-order valence-corrected chi connectivity index (χ4v) is 11.7. The number of hydrogen-bond acceptors (Lipinski definition) is 38. The lowest BCUT2D eigenvalue weighted by molar-refractivity contribution is -0.396. The third-order valence-electron chi connectivity index (χ3n) is 16.7. The summed E-state index contributed by atoms with van der Waals surface area (Å²) >= 11 is 0. The largest absolute Gasteiger partial charge is 0.477 e. The summed E-state index contributed by atoms with van der Waals surface area (Å²) in [5.41, 5.74) is 0. The van der Waals surface area contributed by atoms with Gasteiger partial charge in [0.05, 0.1) is 58.4 Å². The number of carbonyl (C=O) groups excluding carboxylic acids is 3. The molecule has 0 aromatic carbocycles. The first-order valence-electron chi connectivity index (χ1n) is 29.2. The van der Waals surface area contributed by atoms with Crippen LogP contribution >= 0.6 is 0 Å². The molecule has 7 aliphatic rings. The zero-order valence-corrected chi connectivity index (χ0v) is 49.6. The number of ether oxygens (including phenoxy) is 13. The van der Waals surface area contributed by atoms with E-state index in [0.29, 0.717) is 0 Å². The maximum atomic E-state index is 12.9. The standard InChI is InChI=1S/C51H85N3O39/c1-12(60)52-23-15(63)4-51(50(79)80,93-41(23)26(65)16(64)5-55)82-11-22-29(68)34(73)37(76)47(88-22)89-40-20(9-59)86-45(25(32(40)71)54-14(3)62)92-43-35(74)28(67)18(7-57)85-49(43)91-42-30(69)21(10-81-46-36(75)33(72)27(66)17(6-56)84-46)87-48(38(42)77)90-39-19(8-58)83-44(78)24(31(39)70)53-13(2)61/h15-49,55-59,63-78H,4-11H2,1-3H3,(H,52,60)(H,53,61)(H,54,62)(H,79,80)/t15-,16+,17+,18+,19+,20+,21+,22+,23+,24+,25+,26-,27+,28+,29-,30+,31+,32+,33-,34-,35-,36-,37+,38-,39+,40+,41+,42-,43-,44+,45-,46-,47-,48-,49+,51+/m0/s1. The third-order valence-corrected chi connectivity index (χ3v) is 16.7. The van der Waals surface area contributed by atoms with Gasteiger partial charge in [0.1, 0.15) is 165 Å². The molecule has 7 heterocycles. The molecule has 0 bridgehead atoms. The summed E-state index contributed by atoms with van der Waals surface area (Å²) in [7, 11) is 0. The Morgan fingerprint density at radius 3 is 1.41 bits per heavy atom. The minimum Gasteiger partial charge on any atom is -0.477 e. The lowest BCUT2D eigenvalue weighted by Crippen LogP contribution is -2.70. The molecule has 0 spiro atoms. The predicted molar refractivity (Wildman–Crippen MR) is 284 cm³/mol. The van der Waals surface area contributed by atoms with Gasteiger partial charge in [0, 0.05) is 27.2 Å². The summed E-state index contributed by atoms with van der Waals surface area (Å²) in [6, 6.07) is -5.29. The number of carboxylic acids is 1. The van der Waals surface area contributed by atoms with Crippen LogP contribution in [0.2, 0.25) is 0 Å². The molecule has 25 N–H and O–H groups in total. The zero-order chi connectivity index (χ0) is 69.0. The maximum Gasteiger partial charge on any atom is 0.364 e. The number of aliphatic carboxylic acids is 1. The highest BCUT2D eigenvalue weighted by Crippen LogP contribution is 2.39. The van der Waals surface area contributed by atoms with Gasteiger partial charge in [-0.25, -0.2) is 4.79 Å². The molecule has 0 radical (unpaired) electrons. The summed E-state index contributed by atoms with van der Waals surface area (Å²) in [5.74, 6) is -7.63. The molecule has 3 amide bonds. The van der Waals surface area contributed by atoms with E-state index < -0.39 is 297 Å². The van der Waals surface area contributed by atoms with Crippen molar-refractivity contribution in [3.63, 3.8) is 0 Å². The van der Waals surface area contributed by atoms with Crippen LogP contribution in [0.15, 0.2) is 0 Å². The quantitative estimate of drug-likeness (QED) is 0.0404. The molecule has 7 aliphatic heterocycles. The van der Waals surface area contributed by atoms with Crippen molar-refractivity contribution in [1.82, 2.24) is 16.0 Å². The van der Waals surface area contributed by atoms with E-state index in [9.17, 15) is 132 Å². The summed E-state index contributed by atoms with van der Waals surface area (Å²) in [6.45, 7) is -4.59. The van der Waals surface area contributed by atoms with E-state index in [1.165, 1.54) is 0 Å². The molecule has 0 aromatic heterocycles. The topological polar surface area (TPSA) is 669 Å². The highest BCUT2D eigenvalue weighted by molar-refractivity contribution is 5.77. The molecular formula is C51H85N3O39. The van der Waals surface area contributed by atoms with Crippen molar-refractivity contribution < 1.29 is 193 Å². The second kappa shape index (κ2) is 32.9. The number of amides is 3. The van der Waals surface area contributed by atoms with E-state index in [0.717, 1.165) is 20.8 Å². The molecule has 0 aliphatic carbocycles. The summed E-state index contributed by atoms with van der Waals surface area (Å²) in [6.07, 6.45) is -67.5. The first kappa shape index (κ1) is 76.9. The van der Waals surface area contributed by atoms with Gasteiger partial charge in [0.15, 0.2) is 37.7 Å². The average molecular weight is 1360 g/mol. The second-order valence-electron chi connectivity index (χ2n) is 23.3. The van der Waals surface area contributed by atoms with Gasteiger partial charge in [0.2, 0.25) is 17.7 Å². The summed E-state index contributed by atoms with van der Waals surface area (Å²) in [5, 5.41) is 246. The van der Waals surface area contributed by atoms with E-state index in [1.54, 1.807) is 0 Å². The van der Waals surface area contributed by atoms with Crippen molar-refractivity contribution in [2.75, 3.05) is 46.2 Å². The highest BCUT2D eigenvalue weighted by Gasteiger charge is 2.60. The SMILES string of the molecule is CC(=O)N[C@@H]1[C@@H](O)[C@H](O[C@@H]2O[C@H](CO[C@H]3O[C@H](CO)[C@@H](O)[C@H](O)[C@@H]3O)[C@@H](O)[C@H](O[C@H]3O[C@H](CO)[C@@H](O)[C@H](O)[C@@H]3O[C@@H]3O[C@H](CO)[C@@H](O[C@@H]4O[C@H](CO[C@]5(C(=O)O)C[C@H](O)[C@@H](NC(C)=O)[C@H]([C@@H](O)[C@H](O)CO)O5)[C@H](O)[C@H](O)[C@H]4O)[C@H](O)[C@H]3NC(C)=O)[C@@H]2O)[C@@H](CO)O[C@H]1O. The molecule has 7 fully saturated rings. The van der Waals surface area contributed by atoms with Crippen LogP contribution < -0.4 is 16.0 Å². The Hall–Kier alpha value is -3.48. The number of nitrogens with one attached hydrogen (secondary N) is 3. The number of hydrogen-bond donors (Lipinski definition) is 25. The summed E-state index contributed by atoms with van der Waals surface area (Å²) in [4.78, 5) is 49.9. The fourth-order valence-electron chi connectivity index (χ4n) is 11.7. The summed E-state index contributed by atoms with van der Waals surface area (Å²) < 4.78 is 74.8. The minimum absolute atomic E-state index is 0.796. The van der Waals surface area contributed by atoms with E-state index in [-0.39, 0.29) is 0 Å². The lowest BCUT2D eigenvalue weighted by Gasteiger charge is -2.51. The Morgan fingerprint density at radius 1 is 0.441 bits per heavy atom. The smallest absolute Gasteiger partial charge is 0.364 e. The molecule has 36 atom stereocenters. The van der Waals surface area contributed by atoms with Crippen molar-refractivity contribution >= 4 is 23.7 Å². The number of rotatable bonds is 25. The van der Waals surface area contributed by atoms with Crippen molar-refractivity contribution in [1.29, 1.82) is 0 Å². The van der Waals surface area contributed by atoms with Crippen LogP contribution in [0, 0.1) is 0 Å². The van der Waals surface area contributed by atoms with Crippen LogP contribution in [0.1, 0.15) is 27.2 Å². The van der Waals surface area contributed by atoms with Gasteiger partial charge in [0.25, 0.3) is 5.79 Å². The lowest BCUT2D eigenvalue weighted by atomic mass is 9.88. The maximum absolute atomic E-state index is 12.9. The molecule has 538 valence electrons. The number of carboxylic acid groups (broad SMARTS) is 1. The fraction of sp³-hybridized carbons (Fsp3) is 0.922. The Morgan fingerprint density at radius 2 is 0.871 bits per heavy atom. The predicted octanol–water partition coefficient (Wildman–Crippen LogP) is -16.6. The molecule has 7 rings (SSSR count). The monoisotopic (exact) mass is 1360 g/mol. The van der Waals surface area contributed by atoms with Crippen LogP contribution in [0.3, 0.4) is 0 Å². The zero-order valence-electron chi connectivity index (χ0n) is 49.6. The normalized spacial score (nSPS) is 47.2. The number of aliphatic hydroxyl groups excluding tert-OH is 21. The first-order valence-corrected chi connectivity index (χ1v) is 29.2. The van der Waals surface area contributed by atoms with Crippen molar-refractivity contribution in [2.45, 2.75) is 248 Å². The van der Waals surface area contributed by atoms with Crippen LogP contribution in [-0.4, -0.2) is 403 Å². The number of carbonyl (C=O) groups is 4. The van der Waals surface area contributed by atoms with Gasteiger partial charge in [-0.15, -0.1) is 0 Å². The number of aliphatic hydroxyl groups is 21. The van der Waals surface area contributed by atoms with Crippen LogP contribution in [-0.2, 0) is 80.8 Å². The van der Waals surface area contributed by atoms with Crippen molar-refractivity contribution in [2.24, 2.45) is 0 Å². The molecule has 0 saturated carbocycles. The third kappa shape index (κ3) is 17.0. The van der Waals surface area contributed by atoms with Gasteiger partial charge in [-0.3, -0.25) is 14.4 Å². The first-order chi connectivity index (χ1) is 43.8. The Kier molecular flexibility index (Phi) is 27.2. The Balaban J connectivity index is 1.14. The Bertz CT molecular complexity index is 2420. The van der Waals surface area contributed by atoms with Crippen LogP contribution in [0.5, 0.6) is 0 Å². The molecule has 42 heteroatoms. The second-order valence-corrected chi connectivity index (χ2v) is 23.3. The Labute approximate surface area is 525 Å².